The fourth-order valence-corrected chi connectivity index (χ4v) is 3.65. The van der Waals surface area contributed by atoms with Gasteiger partial charge < -0.3 is 21.3 Å². The second-order valence-electron chi connectivity index (χ2n) is 6.59. The molecule has 0 bridgehead atoms. The van der Waals surface area contributed by atoms with Crippen molar-refractivity contribution in [1.82, 2.24) is 9.88 Å². The standard InChI is InChI=1S/C19H26N6O2S/c1-12(26)22-19-24-15(16(28-19)10-11-17(27)25(2)3)9-6-13-4-7-14(8-5-13)23-18(20)21/h4-5,7-8H,6,9-11H2,1-3H3,(H4,20,21,23)(H,22,24,26). The van der Waals surface area contributed by atoms with E-state index < -0.39 is 0 Å². The first kappa shape index (κ1) is 21.4. The lowest BCUT2D eigenvalue weighted by molar-refractivity contribution is -0.128. The van der Waals surface area contributed by atoms with Gasteiger partial charge in [-0.3, -0.25) is 15.0 Å². The van der Waals surface area contributed by atoms with Gasteiger partial charge in [0.05, 0.1) is 5.69 Å². The Balaban J connectivity index is 2.07. The highest BCUT2D eigenvalue weighted by atomic mass is 32.1. The monoisotopic (exact) mass is 402 g/mol. The molecule has 0 atom stereocenters. The van der Waals surface area contributed by atoms with Crippen LogP contribution in [0.1, 0.15) is 29.5 Å². The van der Waals surface area contributed by atoms with Crippen LogP contribution in [-0.4, -0.2) is 41.8 Å². The van der Waals surface area contributed by atoms with Crippen molar-refractivity contribution in [1.29, 1.82) is 5.41 Å². The summed E-state index contributed by atoms with van der Waals surface area (Å²) >= 11 is 1.42. The smallest absolute Gasteiger partial charge is 0.223 e. The molecular formula is C19H26N6O2S. The van der Waals surface area contributed by atoms with Crippen LogP contribution in [0.4, 0.5) is 10.8 Å². The lowest BCUT2D eigenvalue weighted by Crippen LogP contribution is -2.21. The molecule has 0 spiro atoms. The summed E-state index contributed by atoms with van der Waals surface area (Å²) in [6.45, 7) is 1.45. The lowest BCUT2D eigenvalue weighted by atomic mass is 10.1. The molecule has 0 unspecified atom stereocenters. The summed E-state index contributed by atoms with van der Waals surface area (Å²) in [5.74, 6) is -0.198. The summed E-state index contributed by atoms with van der Waals surface area (Å²) in [7, 11) is 3.48. The summed E-state index contributed by atoms with van der Waals surface area (Å²) in [6.07, 6.45) is 2.50. The number of aromatic nitrogens is 1. The van der Waals surface area contributed by atoms with Crippen LogP contribution in [0.5, 0.6) is 0 Å². The van der Waals surface area contributed by atoms with Crippen molar-refractivity contribution in [3.63, 3.8) is 0 Å². The van der Waals surface area contributed by atoms with E-state index in [1.54, 1.807) is 19.0 Å². The largest absolute Gasteiger partial charge is 0.370 e. The molecule has 28 heavy (non-hydrogen) atoms. The zero-order valence-corrected chi connectivity index (χ0v) is 17.2. The second-order valence-corrected chi connectivity index (χ2v) is 7.68. The van der Waals surface area contributed by atoms with Gasteiger partial charge in [-0.05, 0) is 37.0 Å². The minimum absolute atomic E-state index is 0.0639. The quantitative estimate of drug-likeness (QED) is 0.398. The third-order valence-electron chi connectivity index (χ3n) is 4.01. The molecule has 2 rings (SSSR count). The van der Waals surface area contributed by atoms with Gasteiger partial charge in [0.1, 0.15) is 0 Å². The minimum atomic E-state index is -0.162. The molecule has 0 aliphatic heterocycles. The van der Waals surface area contributed by atoms with E-state index in [0.29, 0.717) is 24.4 Å². The maximum absolute atomic E-state index is 11.9. The molecule has 2 amide bonds. The van der Waals surface area contributed by atoms with Gasteiger partial charge in [0.25, 0.3) is 0 Å². The molecule has 0 radical (unpaired) electrons. The third-order valence-corrected chi connectivity index (χ3v) is 5.08. The minimum Gasteiger partial charge on any atom is -0.370 e. The van der Waals surface area contributed by atoms with Crippen molar-refractivity contribution < 1.29 is 9.59 Å². The Morgan fingerprint density at radius 2 is 1.82 bits per heavy atom. The number of carbonyl (C=O) groups excluding carboxylic acids is 2. The number of guanidine groups is 1. The Labute approximate surface area is 168 Å². The van der Waals surface area contributed by atoms with Gasteiger partial charge >= 0.3 is 0 Å². The van der Waals surface area contributed by atoms with E-state index in [1.807, 2.05) is 24.3 Å². The highest BCUT2D eigenvalue weighted by Crippen LogP contribution is 2.26. The number of hydrogen-bond acceptors (Lipinski definition) is 5. The SMILES string of the molecule is CC(=O)Nc1nc(CCc2ccc(NC(=N)N)cc2)c(CCC(=O)N(C)C)s1. The van der Waals surface area contributed by atoms with Crippen LogP contribution in [0, 0.1) is 5.41 Å². The predicted molar refractivity (Wildman–Crippen MR) is 113 cm³/mol. The van der Waals surface area contributed by atoms with Gasteiger partial charge in [0.2, 0.25) is 11.8 Å². The van der Waals surface area contributed by atoms with Gasteiger partial charge in [-0.2, -0.15) is 0 Å². The Hall–Kier alpha value is -2.94. The molecular weight excluding hydrogens is 376 g/mol. The van der Waals surface area contributed by atoms with Gasteiger partial charge in [-0.25, -0.2) is 4.98 Å². The molecule has 0 fully saturated rings. The summed E-state index contributed by atoms with van der Waals surface area (Å²) in [5.41, 5.74) is 8.12. The molecule has 1 heterocycles. The number of anilines is 2. The molecule has 150 valence electrons. The zero-order valence-electron chi connectivity index (χ0n) is 16.3. The Morgan fingerprint density at radius 3 is 2.39 bits per heavy atom. The van der Waals surface area contributed by atoms with E-state index in [1.165, 1.54) is 18.3 Å². The number of hydrogen-bond donors (Lipinski definition) is 4. The maximum atomic E-state index is 11.9. The van der Waals surface area contributed by atoms with Crippen LogP contribution >= 0.6 is 11.3 Å². The molecule has 0 aliphatic carbocycles. The molecule has 2 aromatic rings. The highest BCUT2D eigenvalue weighted by molar-refractivity contribution is 7.15. The first-order valence-electron chi connectivity index (χ1n) is 8.91. The Kier molecular flexibility index (Phi) is 7.51. The van der Waals surface area contributed by atoms with Crippen molar-refractivity contribution in [3.05, 3.63) is 40.4 Å². The summed E-state index contributed by atoms with van der Waals surface area (Å²) in [6, 6.07) is 7.69. The van der Waals surface area contributed by atoms with Gasteiger partial charge in [0.15, 0.2) is 11.1 Å². The molecule has 0 aliphatic rings. The van der Waals surface area contributed by atoms with Gasteiger partial charge in [-0.15, -0.1) is 11.3 Å². The second kappa shape index (κ2) is 9.84. The van der Waals surface area contributed by atoms with E-state index in [-0.39, 0.29) is 17.8 Å². The summed E-state index contributed by atoms with van der Waals surface area (Å²) in [4.78, 5) is 30.4. The number of nitrogens with two attached hydrogens (primary N) is 1. The van der Waals surface area contributed by atoms with Crippen molar-refractivity contribution in [2.75, 3.05) is 24.7 Å². The number of thiazole rings is 1. The van der Waals surface area contributed by atoms with Gasteiger partial charge in [0, 0.05) is 38.0 Å². The van der Waals surface area contributed by atoms with E-state index in [0.717, 1.165) is 28.2 Å². The van der Waals surface area contributed by atoms with Gasteiger partial charge in [-0.1, -0.05) is 12.1 Å². The predicted octanol–water partition coefficient (Wildman–Crippen LogP) is 2.21. The van der Waals surface area contributed by atoms with Crippen molar-refractivity contribution >= 4 is 39.9 Å². The van der Waals surface area contributed by atoms with E-state index >= 15 is 0 Å². The highest BCUT2D eigenvalue weighted by Gasteiger charge is 2.14. The molecule has 1 aromatic carbocycles. The molecule has 1 aromatic heterocycles. The average molecular weight is 403 g/mol. The fraction of sp³-hybridized carbons (Fsp3) is 0.368. The van der Waals surface area contributed by atoms with E-state index in [9.17, 15) is 9.59 Å². The molecule has 9 heteroatoms. The van der Waals surface area contributed by atoms with E-state index in [2.05, 4.69) is 15.6 Å². The average Bonchev–Trinajstić information content (AvgIpc) is 2.99. The number of carbonyl (C=O) groups is 2. The Bertz CT molecular complexity index is 845. The van der Waals surface area contributed by atoms with Crippen LogP contribution in [0.3, 0.4) is 0 Å². The number of nitrogens with zero attached hydrogens (tertiary/aromatic N) is 2. The van der Waals surface area contributed by atoms with Crippen LogP contribution in [0.15, 0.2) is 24.3 Å². The molecule has 8 nitrogen and oxygen atoms in total. The fourth-order valence-electron chi connectivity index (χ4n) is 2.60. The van der Waals surface area contributed by atoms with E-state index in [4.69, 9.17) is 11.1 Å². The molecule has 0 saturated heterocycles. The van der Waals surface area contributed by atoms with Crippen molar-refractivity contribution in [3.8, 4) is 0 Å². The molecule has 0 saturated carbocycles. The van der Waals surface area contributed by atoms with Crippen LogP contribution in [0.25, 0.3) is 0 Å². The summed E-state index contributed by atoms with van der Waals surface area (Å²) in [5, 5.41) is 13.3. The number of rotatable bonds is 8. The van der Waals surface area contributed by atoms with Crippen molar-refractivity contribution in [2.45, 2.75) is 32.6 Å². The van der Waals surface area contributed by atoms with Crippen LogP contribution in [0.2, 0.25) is 0 Å². The molecule has 5 N–H and O–H groups in total. The van der Waals surface area contributed by atoms with Crippen LogP contribution < -0.4 is 16.4 Å². The first-order valence-corrected chi connectivity index (χ1v) is 9.72. The number of aryl methyl sites for hydroxylation is 3. The summed E-state index contributed by atoms with van der Waals surface area (Å²) < 4.78 is 0. The number of benzene rings is 1. The van der Waals surface area contributed by atoms with Crippen LogP contribution in [-0.2, 0) is 28.9 Å². The topological polar surface area (TPSA) is 124 Å². The zero-order chi connectivity index (χ0) is 20.7. The normalized spacial score (nSPS) is 10.4. The Morgan fingerprint density at radius 1 is 1.14 bits per heavy atom. The van der Waals surface area contributed by atoms with Crippen molar-refractivity contribution in [2.24, 2.45) is 5.73 Å². The lowest BCUT2D eigenvalue weighted by Gasteiger charge is -2.09. The maximum Gasteiger partial charge on any atom is 0.223 e. The first-order chi connectivity index (χ1) is 13.2. The third kappa shape index (κ3) is 6.66. The number of amides is 2. The number of nitrogens with one attached hydrogen (secondary N) is 3.